The Bertz CT molecular complexity index is 6200. The number of nitrogens with zero attached hydrogens (tertiary/aromatic N) is 8. The minimum absolute atomic E-state index is 0.0598. The summed E-state index contributed by atoms with van der Waals surface area (Å²) in [5.74, 6) is 0. The lowest BCUT2D eigenvalue weighted by Gasteiger charge is -2.18. The quantitative estimate of drug-likeness (QED) is 0.108. The zero-order valence-corrected chi connectivity index (χ0v) is 43.7. The van der Waals surface area contributed by atoms with Crippen LogP contribution in [0, 0.1) is 0 Å². The summed E-state index contributed by atoms with van der Waals surface area (Å²) >= 11 is 0. The van der Waals surface area contributed by atoms with Crippen molar-refractivity contribution in [3.05, 3.63) is 236 Å². The lowest BCUT2D eigenvalue weighted by atomic mass is 9.86. The standard InChI is InChI=1S/2C36H16N4O2/c41-35-23-15-11-19-18-10-14-22-32-24(36(42)40-28-8-4-2-6-26(28)38-34(22)40)16-12-20(30(18)32)17-9-13-21(31(23)29(17)19)33-37-25-5-1-3-7-27(25)39(33)35;41-35-23-15-11-19-20-12-16-24-32-22(34-38-26-6-2-4-8-28(26)40(34)36(24)42)14-10-18(30(20)32)17-9-13-21(31(23)29(17)19)33-37-25-5-1-3-7-27(25)39(33)35/h2*1-16H. The van der Waals surface area contributed by atoms with E-state index in [1.807, 2.05) is 121 Å². The van der Waals surface area contributed by atoms with Gasteiger partial charge in [0.05, 0.1) is 44.1 Å². The Labute approximate surface area is 466 Å². The van der Waals surface area contributed by atoms with Gasteiger partial charge in [0.2, 0.25) is 0 Å². The monoisotopic (exact) mass is 1070 g/mol. The normalized spacial score (nSPS) is 13.0. The van der Waals surface area contributed by atoms with Crippen LogP contribution in [0.5, 0.6) is 0 Å². The lowest BCUT2D eigenvalue weighted by molar-refractivity contribution is 1.19. The maximum Gasteiger partial charge on any atom is 0.264 e. The third kappa shape index (κ3) is 4.82. The molecule has 8 heterocycles. The molecule has 22 rings (SSSR count). The van der Waals surface area contributed by atoms with E-state index in [0.717, 1.165) is 152 Å². The Morgan fingerprint density at radius 1 is 0.190 bits per heavy atom. The molecule has 84 heavy (non-hydrogen) atoms. The molecular weight excluding hydrogens is 1040 g/mol. The van der Waals surface area contributed by atoms with Crippen LogP contribution in [-0.2, 0) is 0 Å². The van der Waals surface area contributed by atoms with Gasteiger partial charge in [0, 0.05) is 64.6 Å². The minimum atomic E-state index is -0.0598. The van der Waals surface area contributed by atoms with Gasteiger partial charge in [0.25, 0.3) is 22.2 Å². The Hall–Kier alpha value is -11.8. The Kier molecular flexibility index (Phi) is 7.39. The Morgan fingerprint density at radius 3 is 0.571 bits per heavy atom. The number of pyridine rings is 4. The summed E-state index contributed by atoms with van der Waals surface area (Å²) in [5, 5.41) is 23.0. The third-order valence-electron chi connectivity index (χ3n) is 18.7. The van der Waals surface area contributed by atoms with Gasteiger partial charge in [0.15, 0.2) is 0 Å². The number of hydrogen-bond donors (Lipinski definition) is 0. The summed E-state index contributed by atoms with van der Waals surface area (Å²) in [5.41, 5.74) is 8.96. The average molecular weight is 1070 g/mol. The van der Waals surface area contributed by atoms with Gasteiger partial charge in [-0.3, -0.25) is 36.8 Å². The lowest BCUT2D eigenvalue weighted by Crippen LogP contribution is -2.14. The SMILES string of the molecule is O=c1c2ccc3c4ccc5c(=O)n6c7ccccc7nc6c6ccc(c7ccc(c2c37)c2nc3ccccc3n12)c4c56.O=c1c2ccc3c4ccc5c6c(ccc(c7ccc(c2c37)c2nc3ccccc3n12)c46)c(=O)n1c2ccccc2nc51. The maximum absolute atomic E-state index is 14.0. The highest BCUT2D eigenvalue weighted by molar-refractivity contribution is 6.42. The van der Waals surface area contributed by atoms with E-state index in [2.05, 4.69) is 72.8 Å². The summed E-state index contributed by atoms with van der Waals surface area (Å²) in [7, 11) is 0. The number of rotatable bonds is 0. The van der Waals surface area contributed by atoms with Crippen molar-refractivity contribution >= 4 is 196 Å². The fraction of sp³-hybridized carbons (Fsp3) is 0. The summed E-state index contributed by atoms with van der Waals surface area (Å²) < 4.78 is 6.98. The van der Waals surface area contributed by atoms with Crippen LogP contribution in [0.15, 0.2) is 213 Å². The van der Waals surface area contributed by atoms with Crippen molar-refractivity contribution < 1.29 is 0 Å². The maximum atomic E-state index is 14.0. The molecule has 0 aliphatic rings. The van der Waals surface area contributed by atoms with Gasteiger partial charge < -0.3 is 0 Å². The predicted octanol–water partition coefficient (Wildman–Crippen LogP) is 14.5. The second-order valence-electron chi connectivity index (χ2n) is 22.5. The highest BCUT2D eigenvalue weighted by atomic mass is 16.1. The van der Waals surface area contributed by atoms with Crippen LogP contribution in [0.2, 0.25) is 0 Å². The number of fused-ring (bicyclic) bond motifs is 20. The van der Waals surface area contributed by atoms with Crippen molar-refractivity contribution in [1.82, 2.24) is 37.5 Å². The largest absolute Gasteiger partial charge is 0.268 e. The summed E-state index contributed by atoms with van der Waals surface area (Å²) in [6.45, 7) is 0. The van der Waals surface area contributed by atoms with Crippen LogP contribution in [0.4, 0.5) is 0 Å². The number of hydrogen-bond acceptors (Lipinski definition) is 8. The minimum Gasteiger partial charge on any atom is -0.268 e. The van der Waals surface area contributed by atoms with Gasteiger partial charge >= 0.3 is 0 Å². The van der Waals surface area contributed by atoms with E-state index in [0.29, 0.717) is 44.1 Å². The van der Waals surface area contributed by atoms with Crippen molar-refractivity contribution in [2.45, 2.75) is 0 Å². The highest BCUT2D eigenvalue weighted by Crippen LogP contribution is 2.48. The van der Waals surface area contributed by atoms with E-state index in [1.165, 1.54) is 0 Å². The molecule has 0 unspecified atom stereocenters. The van der Waals surface area contributed by atoms with Gasteiger partial charge in [-0.1, -0.05) is 97.1 Å². The third-order valence-corrected chi connectivity index (χ3v) is 18.7. The van der Waals surface area contributed by atoms with Gasteiger partial charge in [-0.15, -0.1) is 0 Å². The fourth-order valence-electron chi connectivity index (χ4n) is 15.4. The van der Waals surface area contributed by atoms with Crippen LogP contribution in [0.1, 0.15) is 0 Å². The molecule has 0 atom stereocenters. The molecule has 0 bridgehead atoms. The molecule has 0 aliphatic carbocycles. The zero-order valence-electron chi connectivity index (χ0n) is 43.7. The zero-order chi connectivity index (χ0) is 54.9. The van der Waals surface area contributed by atoms with Crippen molar-refractivity contribution in [3.63, 3.8) is 0 Å². The first kappa shape index (κ1) is 43.1. The van der Waals surface area contributed by atoms with Crippen molar-refractivity contribution in [1.29, 1.82) is 0 Å². The number of benzene rings is 14. The van der Waals surface area contributed by atoms with Gasteiger partial charge in [-0.25, -0.2) is 19.9 Å². The topological polar surface area (TPSA) is 137 Å². The van der Waals surface area contributed by atoms with Crippen LogP contribution in [0.25, 0.3) is 196 Å². The molecule has 0 saturated carbocycles. The van der Waals surface area contributed by atoms with Gasteiger partial charge in [0.1, 0.15) is 22.6 Å². The molecule has 8 aromatic heterocycles. The molecule has 12 nitrogen and oxygen atoms in total. The number of imidazole rings is 4. The molecular formula is C72H32N8O4. The van der Waals surface area contributed by atoms with Crippen LogP contribution >= 0.6 is 0 Å². The molecule has 0 fully saturated rings. The van der Waals surface area contributed by atoms with E-state index in [-0.39, 0.29) is 22.2 Å². The van der Waals surface area contributed by atoms with E-state index in [4.69, 9.17) is 19.9 Å². The Balaban J connectivity index is 0.000000117. The van der Waals surface area contributed by atoms with E-state index < -0.39 is 0 Å². The first-order chi connectivity index (χ1) is 41.4. The number of para-hydroxylation sites is 8. The molecule has 22 aromatic rings. The van der Waals surface area contributed by atoms with Crippen LogP contribution in [-0.4, -0.2) is 37.5 Å². The van der Waals surface area contributed by atoms with Crippen LogP contribution < -0.4 is 22.2 Å². The molecule has 0 amide bonds. The van der Waals surface area contributed by atoms with E-state index in [1.54, 1.807) is 17.6 Å². The first-order valence-electron chi connectivity index (χ1n) is 27.9. The molecule has 0 aliphatic heterocycles. The second kappa shape index (κ2) is 14.4. The van der Waals surface area contributed by atoms with E-state index in [9.17, 15) is 19.2 Å². The summed E-state index contributed by atoms with van der Waals surface area (Å²) in [6.07, 6.45) is 0. The average Bonchev–Trinajstić information content (AvgIpc) is 1.18. The molecule has 384 valence electrons. The van der Waals surface area contributed by atoms with Crippen molar-refractivity contribution in [2.24, 2.45) is 0 Å². The number of aromatic nitrogens is 8. The predicted molar refractivity (Wildman–Crippen MR) is 340 cm³/mol. The smallest absolute Gasteiger partial charge is 0.264 e. The first-order valence-corrected chi connectivity index (χ1v) is 27.9. The molecule has 12 heteroatoms. The summed E-state index contributed by atoms with van der Waals surface area (Å²) in [6, 6.07) is 64.2. The Morgan fingerprint density at radius 2 is 0.357 bits per heavy atom. The second-order valence-corrected chi connectivity index (χ2v) is 22.5. The van der Waals surface area contributed by atoms with E-state index >= 15 is 0 Å². The molecule has 0 spiro atoms. The molecule has 0 radical (unpaired) electrons. The van der Waals surface area contributed by atoms with Crippen LogP contribution in [0.3, 0.4) is 0 Å². The van der Waals surface area contributed by atoms with Gasteiger partial charge in [-0.2, -0.15) is 0 Å². The molecule has 0 N–H and O–H groups in total. The van der Waals surface area contributed by atoms with Crippen molar-refractivity contribution in [3.8, 4) is 0 Å². The van der Waals surface area contributed by atoms with Gasteiger partial charge in [-0.05, 0) is 162 Å². The molecule has 0 saturated heterocycles. The summed E-state index contributed by atoms with van der Waals surface area (Å²) in [4.78, 5) is 75.5. The van der Waals surface area contributed by atoms with Crippen molar-refractivity contribution in [2.75, 3.05) is 0 Å². The molecule has 14 aromatic carbocycles. The fourth-order valence-corrected chi connectivity index (χ4v) is 15.4. The highest BCUT2D eigenvalue weighted by Gasteiger charge is 2.27.